The number of rotatable bonds is 6. The number of hydrogen-bond donors (Lipinski definition) is 0. The van der Waals surface area contributed by atoms with Crippen molar-refractivity contribution in [1.29, 1.82) is 0 Å². The van der Waals surface area contributed by atoms with Crippen LogP contribution in [-0.4, -0.2) is 44.8 Å². The summed E-state index contributed by atoms with van der Waals surface area (Å²) in [5.41, 5.74) is -0.644. The van der Waals surface area contributed by atoms with E-state index in [4.69, 9.17) is 4.74 Å². The highest BCUT2D eigenvalue weighted by atomic mass is 32.1. The van der Waals surface area contributed by atoms with Gasteiger partial charge in [0.15, 0.2) is 0 Å². The van der Waals surface area contributed by atoms with Crippen molar-refractivity contribution in [2.75, 3.05) is 11.5 Å². The third-order valence-corrected chi connectivity index (χ3v) is 6.45. The fourth-order valence-corrected chi connectivity index (χ4v) is 4.36. The molecule has 0 N–H and O–H groups in total. The highest BCUT2D eigenvalue weighted by molar-refractivity contribution is 7.15. The van der Waals surface area contributed by atoms with Crippen LogP contribution in [-0.2, 0) is 17.3 Å². The monoisotopic (exact) mass is 481 g/mol. The van der Waals surface area contributed by atoms with E-state index in [0.29, 0.717) is 22.8 Å². The van der Waals surface area contributed by atoms with Gasteiger partial charge in [-0.25, -0.2) is 24.1 Å². The molecule has 0 unspecified atom stereocenters. The molecule has 7 nitrogen and oxygen atoms in total. The van der Waals surface area contributed by atoms with Gasteiger partial charge in [-0.1, -0.05) is 6.92 Å². The quantitative estimate of drug-likeness (QED) is 0.459. The average Bonchev–Trinajstić information content (AvgIpc) is 3.41. The van der Waals surface area contributed by atoms with Gasteiger partial charge in [-0.05, 0) is 31.0 Å². The average molecular weight is 481 g/mol. The Morgan fingerprint density at radius 1 is 1.21 bits per heavy atom. The SMILES string of the molecule is C[C@H](Cc1nccc(N2C(=O)OC[C@@H]2[C@@H](C)F)n1)c1cnc(-c2ccnc(C(F)(F)F)c2)s1. The molecule has 0 saturated carbocycles. The molecule has 12 heteroatoms. The molecule has 1 amide bonds. The van der Waals surface area contributed by atoms with Gasteiger partial charge in [0, 0.05) is 35.5 Å². The molecule has 33 heavy (non-hydrogen) atoms. The maximum absolute atomic E-state index is 13.9. The maximum atomic E-state index is 13.9. The summed E-state index contributed by atoms with van der Waals surface area (Å²) in [6.07, 6.45) is -1.90. The first kappa shape index (κ1) is 23.0. The number of ether oxygens (including phenoxy) is 1. The molecule has 4 rings (SSSR count). The smallest absolute Gasteiger partial charge is 0.433 e. The van der Waals surface area contributed by atoms with Gasteiger partial charge in [-0.3, -0.25) is 9.88 Å². The van der Waals surface area contributed by atoms with Gasteiger partial charge in [0.2, 0.25) is 0 Å². The molecular weight excluding hydrogens is 462 g/mol. The normalized spacial score (nSPS) is 18.3. The van der Waals surface area contributed by atoms with Crippen LogP contribution in [0.5, 0.6) is 0 Å². The first-order valence-electron chi connectivity index (χ1n) is 10.0. The number of cyclic esters (lactones) is 1. The molecule has 0 aliphatic carbocycles. The highest BCUT2D eigenvalue weighted by Crippen LogP contribution is 2.34. The van der Waals surface area contributed by atoms with Crippen molar-refractivity contribution < 1.29 is 27.1 Å². The molecule has 3 aromatic rings. The van der Waals surface area contributed by atoms with E-state index in [1.807, 2.05) is 6.92 Å². The number of anilines is 1. The van der Waals surface area contributed by atoms with Crippen LogP contribution in [0.3, 0.4) is 0 Å². The van der Waals surface area contributed by atoms with Crippen LogP contribution in [0.15, 0.2) is 36.8 Å². The summed E-state index contributed by atoms with van der Waals surface area (Å²) in [6.45, 7) is 3.21. The molecule has 4 heterocycles. The van der Waals surface area contributed by atoms with Gasteiger partial charge in [0.05, 0.1) is 0 Å². The van der Waals surface area contributed by atoms with Crippen LogP contribution in [0.25, 0.3) is 10.6 Å². The van der Waals surface area contributed by atoms with E-state index >= 15 is 0 Å². The molecule has 0 aromatic carbocycles. The van der Waals surface area contributed by atoms with Crippen molar-refractivity contribution in [2.45, 2.75) is 44.6 Å². The number of hydrogen-bond acceptors (Lipinski definition) is 7. The minimum atomic E-state index is -4.54. The van der Waals surface area contributed by atoms with Crippen molar-refractivity contribution in [1.82, 2.24) is 19.9 Å². The molecule has 3 atom stereocenters. The Balaban J connectivity index is 1.51. The Bertz CT molecular complexity index is 1150. The standard InChI is InChI=1S/C21H19F4N5O2S/c1-11(15-9-28-19(33-15)13-3-5-26-16(8-13)21(23,24)25)7-17-27-6-4-18(29-17)30-14(12(2)22)10-32-20(30)31/h3-6,8-9,11-12,14H,7,10H2,1-2H3/t11-,12-,14-/m1/s1. The Morgan fingerprint density at radius 2 is 1.97 bits per heavy atom. The van der Waals surface area contributed by atoms with Crippen LogP contribution in [0.4, 0.5) is 28.2 Å². The third-order valence-electron chi connectivity index (χ3n) is 5.17. The topological polar surface area (TPSA) is 81.1 Å². The number of nitrogens with zero attached hydrogens (tertiary/aromatic N) is 5. The van der Waals surface area contributed by atoms with Gasteiger partial charge in [-0.15, -0.1) is 11.3 Å². The molecule has 1 fully saturated rings. The van der Waals surface area contributed by atoms with Gasteiger partial charge < -0.3 is 4.74 Å². The highest BCUT2D eigenvalue weighted by Gasteiger charge is 2.39. The molecule has 1 saturated heterocycles. The zero-order chi connectivity index (χ0) is 23.8. The largest absolute Gasteiger partial charge is 0.447 e. The van der Waals surface area contributed by atoms with Crippen molar-refractivity contribution in [3.63, 3.8) is 0 Å². The summed E-state index contributed by atoms with van der Waals surface area (Å²) >= 11 is 1.27. The number of carbonyl (C=O) groups excluding carboxylic acids is 1. The first-order chi connectivity index (χ1) is 15.6. The summed E-state index contributed by atoms with van der Waals surface area (Å²) in [5.74, 6) is 0.589. The first-order valence-corrected chi connectivity index (χ1v) is 10.9. The zero-order valence-corrected chi connectivity index (χ0v) is 18.4. The van der Waals surface area contributed by atoms with E-state index in [2.05, 4.69) is 19.9 Å². The van der Waals surface area contributed by atoms with Gasteiger partial charge >= 0.3 is 12.3 Å². The van der Waals surface area contributed by atoms with Crippen molar-refractivity contribution >= 4 is 23.2 Å². The lowest BCUT2D eigenvalue weighted by molar-refractivity contribution is -0.141. The number of halogens is 4. The molecule has 0 spiro atoms. The van der Waals surface area contributed by atoms with Crippen LogP contribution in [0, 0.1) is 0 Å². The summed E-state index contributed by atoms with van der Waals surface area (Å²) in [4.78, 5) is 30.4. The predicted molar refractivity (Wildman–Crippen MR) is 113 cm³/mol. The van der Waals surface area contributed by atoms with E-state index < -0.39 is 30.2 Å². The minimum Gasteiger partial charge on any atom is -0.447 e. The molecule has 1 aliphatic rings. The number of pyridine rings is 1. The zero-order valence-electron chi connectivity index (χ0n) is 17.6. The van der Waals surface area contributed by atoms with Gasteiger partial charge in [-0.2, -0.15) is 13.2 Å². The fraction of sp³-hybridized carbons (Fsp3) is 0.381. The Kier molecular flexibility index (Phi) is 6.28. The molecule has 1 aliphatic heterocycles. The van der Waals surface area contributed by atoms with E-state index in [0.717, 1.165) is 17.1 Å². The van der Waals surface area contributed by atoms with Crippen LogP contribution >= 0.6 is 11.3 Å². The minimum absolute atomic E-state index is 0.0546. The van der Waals surface area contributed by atoms with E-state index in [9.17, 15) is 22.4 Å². The lowest BCUT2D eigenvalue weighted by atomic mass is 10.1. The predicted octanol–water partition coefficient (Wildman–Crippen LogP) is 5.04. The van der Waals surface area contributed by atoms with Crippen LogP contribution in [0.2, 0.25) is 0 Å². The summed E-state index contributed by atoms with van der Waals surface area (Å²) in [5, 5.41) is 0.444. The number of alkyl halides is 4. The van der Waals surface area contributed by atoms with E-state index in [-0.39, 0.29) is 18.3 Å². The Labute approximate surface area is 190 Å². The second-order valence-corrected chi connectivity index (χ2v) is 8.69. The van der Waals surface area contributed by atoms with Gasteiger partial charge in [0.1, 0.15) is 41.2 Å². The van der Waals surface area contributed by atoms with Gasteiger partial charge in [0.25, 0.3) is 0 Å². The Morgan fingerprint density at radius 3 is 2.70 bits per heavy atom. The number of thiazole rings is 1. The molecule has 174 valence electrons. The van der Waals surface area contributed by atoms with E-state index in [1.165, 1.54) is 41.5 Å². The van der Waals surface area contributed by atoms with Crippen molar-refractivity contribution in [3.8, 4) is 10.6 Å². The number of aromatic nitrogens is 4. The Hall–Kier alpha value is -3.15. The summed E-state index contributed by atoms with van der Waals surface area (Å²) in [7, 11) is 0. The van der Waals surface area contributed by atoms with Crippen LogP contribution < -0.4 is 4.90 Å². The second-order valence-electron chi connectivity index (χ2n) is 7.62. The summed E-state index contributed by atoms with van der Waals surface area (Å²) < 4.78 is 57.7. The number of amides is 1. The van der Waals surface area contributed by atoms with Crippen molar-refractivity contribution in [3.05, 3.63) is 53.2 Å². The van der Waals surface area contributed by atoms with Crippen LogP contribution in [0.1, 0.15) is 36.2 Å². The second kappa shape index (κ2) is 9.00. The maximum Gasteiger partial charge on any atom is 0.433 e. The lowest BCUT2D eigenvalue weighted by Crippen LogP contribution is -2.39. The lowest BCUT2D eigenvalue weighted by Gasteiger charge is -2.21. The fourth-order valence-electron chi connectivity index (χ4n) is 3.40. The van der Waals surface area contributed by atoms with Crippen molar-refractivity contribution in [2.24, 2.45) is 0 Å². The summed E-state index contributed by atoms with van der Waals surface area (Å²) in [6, 6.07) is 3.20. The molecule has 0 bridgehead atoms. The van der Waals surface area contributed by atoms with E-state index in [1.54, 1.807) is 6.20 Å². The molecular formula is C21H19F4N5O2S. The number of carbonyl (C=O) groups is 1. The third kappa shape index (κ3) is 4.95. The molecule has 3 aromatic heterocycles. The molecule has 0 radical (unpaired) electrons.